The number of aryl methyl sites for hydroxylation is 1. The number of amides is 1. The molecule has 4 N–H and O–H groups in total. The molecule has 0 spiro atoms. The summed E-state index contributed by atoms with van der Waals surface area (Å²) in [6, 6.07) is 10.5. The maximum Gasteiger partial charge on any atom is 0.408 e. The third-order valence-corrected chi connectivity index (χ3v) is 6.51. The van der Waals surface area contributed by atoms with Crippen LogP contribution in [0.25, 0.3) is 0 Å². The average molecular weight is 475 g/mol. The summed E-state index contributed by atoms with van der Waals surface area (Å²) >= 11 is 0. The monoisotopic (exact) mass is 474 g/mol. The number of nitrogens with one attached hydrogen (secondary N) is 1. The molecule has 34 heavy (non-hydrogen) atoms. The fraction of sp³-hybridized carbons (Fsp3) is 0.462. The summed E-state index contributed by atoms with van der Waals surface area (Å²) in [6.45, 7) is 3.33. The number of alkyl carbamates (subject to hydrolysis) is 1. The number of halogens is 2. The van der Waals surface area contributed by atoms with Crippen LogP contribution in [0.15, 0.2) is 42.5 Å². The van der Waals surface area contributed by atoms with Crippen molar-refractivity contribution in [2.75, 3.05) is 5.73 Å². The van der Waals surface area contributed by atoms with Crippen molar-refractivity contribution in [2.45, 2.75) is 69.9 Å². The predicted molar refractivity (Wildman–Crippen MR) is 125 cm³/mol. The van der Waals surface area contributed by atoms with E-state index in [1.807, 2.05) is 30.3 Å². The van der Waals surface area contributed by atoms with Crippen LogP contribution in [0.3, 0.4) is 0 Å². The van der Waals surface area contributed by atoms with E-state index in [1.165, 1.54) is 0 Å². The lowest BCUT2D eigenvalue weighted by Gasteiger charge is -2.32. The van der Waals surface area contributed by atoms with Crippen LogP contribution in [0.4, 0.5) is 19.3 Å². The lowest BCUT2D eigenvalue weighted by Crippen LogP contribution is -2.48. The first-order valence-corrected chi connectivity index (χ1v) is 11.6. The van der Waals surface area contributed by atoms with Crippen LogP contribution in [0.1, 0.15) is 63.0 Å². The molecule has 0 bridgehead atoms. The maximum absolute atomic E-state index is 13.7. The molecule has 1 aliphatic rings. The van der Waals surface area contributed by atoms with E-state index in [9.17, 15) is 23.5 Å². The Morgan fingerprint density at radius 3 is 2.29 bits per heavy atom. The second kappa shape index (κ2) is 10.8. The number of carboxylic acids is 1. The van der Waals surface area contributed by atoms with Gasteiger partial charge >= 0.3 is 12.1 Å². The maximum atomic E-state index is 13.7. The van der Waals surface area contributed by atoms with E-state index >= 15 is 0 Å². The van der Waals surface area contributed by atoms with Crippen molar-refractivity contribution >= 4 is 17.7 Å². The number of aliphatic carboxylic acids is 1. The number of ether oxygens (including phenoxy) is 1. The summed E-state index contributed by atoms with van der Waals surface area (Å²) in [5.74, 6) is -3.03. The number of hydrogen-bond acceptors (Lipinski definition) is 4. The number of carbonyl (C=O) groups excluding carboxylic acids is 1. The van der Waals surface area contributed by atoms with Gasteiger partial charge in [-0.25, -0.2) is 18.4 Å². The molecule has 0 aliphatic heterocycles. The molecule has 1 saturated carbocycles. The number of nitrogens with two attached hydrogens (primary N) is 1. The standard InChI is InChI=1S/C26H32F2N2O4/c1-26(2,13-12-16-14-19(27)22(29)20(28)15-16)34-25(33)30-23(24(31)32)21(18-10-6-7-11-18)17-8-4-3-5-9-17/h3-5,8-9,14-15,18,21,23H,6-7,10-13,29H2,1-2H3,(H,30,33)(H,31,32). The van der Waals surface area contributed by atoms with E-state index in [0.29, 0.717) is 5.56 Å². The van der Waals surface area contributed by atoms with Crippen molar-refractivity contribution in [3.63, 3.8) is 0 Å². The molecule has 3 rings (SSSR count). The second-order valence-corrected chi connectivity index (χ2v) is 9.56. The molecule has 0 radical (unpaired) electrons. The van der Waals surface area contributed by atoms with Crippen LogP contribution in [0, 0.1) is 17.6 Å². The summed E-state index contributed by atoms with van der Waals surface area (Å²) in [5, 5.41) is 12.6. The first-order chi connectivity index (χ1) is 16.1. The van der Waals surface area contributed by atoms with Crippen molar-refractivity contribution < 1.29 is 28.2 Å². The molecule has 1 fully saturated rings. The van der Waals surface area contributed by atoms with Crippen LogP contribution in [0.2, 0.25) is 0 Å². The molecule has 2 atom stereocenters. The number of rotatable bonds is 9. The minimum atomic E-state index is -1.14. The quantitative estimate of drug-likeness (QED) is 0.422. The highest BCUT2D eigenvalue weighted by Gasteiger charge is 2.38. The van der Waals surface area contributed by atoms with Gasteiger partial charge in [-0.2, -0.15) is 0 Å². The lowest BCUT2D eigenvalue weighted by atomic mass is 9.79. The summed E-state index contributed by atoms with van der Waals surface area (Å²) in [5.41, 5.74) is 5.02. The summed E-state index contributed by atoms with van der Waals surface area (Å²) in [7, 11) is 0. The van der Waals surface area contributed by atoms with E-state index in [1.54, 1.807) is 13.8 Å². The van der Waals surface area contributed by atoms with Crippen molar-refractivity contribution in [3.05, 3.63) is 65.2 Å². The zero-order valence-corrected chi connectivity index (χ0v) is 19.5. The first kappa shape index (κ1) is 25.5. The van der Waals surface area contributed by atoms with Crippen molar-refractivity contribution in [3.8, 4) is 0 Å². The molecule has 2 aromatic rings. The van der Waals surface area contributed by atoms with Gasteiger partial charge in [0, 0.05) is 5.92 Å². The Morgan fingerprint density at radius 2 is 1.74 bits per heavy atom. The molecule has 0 aromatic heterocycles. The van der Waals surface area contributed by atoms with Crippen molar-refractivity contribution in [1.82, 2.24) is 5.32 Å². The Labute approximate surface area is 198 Å². The second-order valence-electron chi connectivity index (χ2n) is 9.56. The highest BCUT2D eigenvalue weighted by molar-refractivity contribution is 5.81. The number of nitrogen functional groups attached to an aromatic ring is 1. The van der Waals surface area contributed by atoms with Crippen LogP contribution in [-0.4, -0.2) is 28.8 Å². The highest BCUT2D eigenvalue weighted by atomic mass is 19.1. The third kappa shape index (κ3) is 6.46. The summed E-state index contributed by atoms with van der Waals surface area (Å²) in [4.78, 5) is 25.0. The van der Waals surface area contributed by atoms with Gasteiger partial charge in [0.05, 0.1) is 0 Å². The zero-order valence-electron chi connectivity index (χ0n) is 19.5. The van der Waals surface area contributed by atoms with Crippen LogP contribution >= 0.6 is 0 Å². The molecule has 0 heterocycles. The topological polar surface area (TPSA) is 102 Å². The van der Waals surface area contributed by atoms with Gasteiger partial charge in [0.1, 0.15) is 29.0 Å². The van der Waals surface area contributed by atoms with E-state index < -0.39 is 41.0 Å². The predicted octanol–water partition coefficient (Wildman–Crippen LogP) is 5.41. The van der Waals surface area contributed by atoms with Crippen LogP contribution in [0.5, 0.6) is 0 Å². The van der Waals surface area contributed by atoms with Crippen molar-refractivity contribution in [2.24, 2.45) is 5.92 Å². The van der Waals surface area contributed by atoms with Gasteiger partial charge in [0.2, 0.25) is 0 Å². The number of carbonyl (C=O) groups is 2. The molecular weight excluding hydrogens is 442 g/mol. The fourth-order valence-corrected chi connectivity index (χ4v) is 4.72. The molecule has 1 aliphatic carbocycles. The Balaban J connectivity index is 1.69. The minimum Gasteiger partial charge on any atom is -0.480 e. The van der Waals surface area contributed by atoms with E-state index in [2.05, 4.69) is 5.32 Å². The van der Waals surface area contributed by atoms with Crippen LogP contribution < -0.4 is 11.1 Å². The van der Waals surface area contributed by atoms with Gasteiger partial charge in [0.25, 0.3) is 0 Å². The molecule has 6 nitrogen and oxygen atoms in total. The molecule has 2 unspecified atom stereocenters. The average Bonchev–Trinajstić information content (AvgIpc) is 3.30. The van der Waals surface area contributed by atoms with Gasteiger partial charge in [-0.15, -0.1) is 0 Å². The zero-order chi connectivity index (χ0) is 24.9. The molecule has 8 heteroatoms. The largest absolute Gasteiger partial charge is 0.480 e. The van der Waals surface area contributed by atoms with Crippen molar-refractivity contribution in [1.29, 1.82) is 0 Å². The Hall–Kier alpha value is -3.16. The van der Waals surface area contributed by atoms with E-state index in [0.717, 1.165) is 43.4 Å². The third-order valence-electron chi connectivity index (χ3n) is 6.51. The summed E-state index contributed by atoms with van der Waals surface area (Å²) < 4.78 is 33.0. The molecule has 0 saturated heterocycles. The Bertz CT molecular complexity index is 984. The van der Waals surface area contributed by atoms with E-state index in [4.69, 9.17) is 10.5 Å². The molecule has 184 valence electrons. The Kier molecular flexibility index (Phi) is 8.12. The lowest BCUT2D eigenvalue weighted by molar-refractivity contribution is -0.140. The number of benzene rings is 2. The molecule has 2 aromatic carbocycles. The van der Waals surface area contributed by atoms with E-state index in [-0.39, 0.29) is 24.7 Å². The molecular formula is C26H32F2N2O4. The number of carboxylic acid groups (broad SMARTS) is 1. The van der Waals surface area contributed by atoms with Gasteiger partial charge in [-0.3, -0.25) is 0 Å². The smallest absolute Gasteiger partial charge is 0.408 e. The molecule has 1 amide bonds. The fourth-order valence-electron chi connectivity index (χ4n) is 4.72. The SMILES string of the molecule is CC(C)(CCc1cc(F)c(N)c(F)c1)OC(=O)NC(C(=O)O)C(c1ccccc1)C1CCCC1. The normalized spacial score (nSPS) is 16.1. The van der Waals surface area contributed by atoms with Gasteiger partial charge in [-0.1, -0.05) is 43.2 Å². The van der Waals surface area contributed by atoms with Gasteiger partial charge < -0.3 is 20.9 Å². The minimum absolute atomic E-state index is 0.145. The Morgan fingerprint density at radius 1 is 1.15 bits per heavy atom. The first-order valence-electron chi connectivity index (χ1n) is 11.6. The van der Waals surface area contributed by atoms with Crippen LogP contribution in [-0.2, 0) is 16.0 Å². The van der Waals surface area contributed by atoms with Gasteiger partial charge in [0.15, 0.2) is 0 Å². The van der Waals surface area contributed by atoms with Gasteiger partial charge in [-0.05, 0) is 68.7 Å². The number of anilines is 1. The number of hydrogen-bond donors (Lipinski definition) is 3. The highest BCUT2D eigenvalue weighted by Crippen LogP contribution is 2.39. The summed E-state index contributed by atoms with van der Waals surface area (Å²) in [6.07, 6.45) is 3.54.